The molecule has 1 aromatic rings. The first-order valence-corrected chi connectivity index (χ1v) is 8.10. The molecule has 1 amide bonds. The quantitative estimate of drug-likeness (QED) is 0.846. The standard InChI is InChI=1S/C18H28N2O/c1-14(2)13-18(21)20-11-9-19(10-12-20)17-7-5-16(6-8-17)15(3)4/h5-8,14-15H,9-13H2,1-4H3. The second kappa shape index (κ2) is 6.97. The Morgan fingerprint density at radius 1 is 1.00 bits per heavy atom. The van der Waals surface area contributed by atoms with E-state index in [4.69, 9.17) is 0 Å². The summed E-state index contributed by atoms with van der Waals surface area (Å²) in [6, 6.07) is 8.86. The van der Waals surface area contributed by atoms with E-state index in [2.05, 4.69) is 56.9 Å². The average Bonchev–Trinajstić information content (AvgIpc) is 2.47. The third-order valence-corrected chi connectivity index (χ3v) is 4.14. The Balaban J connectivity index is 1.90. The lowest BCUT2D eigenvalue weighted by Gasteiger charge is -2.36. The van der Waals surface area contributed by atoms with Gasteiger partial charge in [-0.3, -0.25) is 4.79 Å². The van der Waals surface area contributed by atoms with Crippen LogP contribution in [-0.2, 0) is 4.79 Å². The highest BCUT2D eigenvalue weighted by Crippen LogP contribution is 2.21. The Morgan fingerprint density at radius 2 is 1.57 bits per heavy atom. The maximum absolute atomic E-state index is 12.1. The zero-order valence-electron chi connectivity index (χ0n) is 13.8. The summed E-state index contributed by atoms with van der Waals surface area (Å²) in [6.45, 7) is 12.2. The topological polar surface area (TPSA) is 23.6 Å². The summed E-state index contributed by atoms with van der Waals surface area (Å²) in [6.07, 6.45) is 0.670. The fourth-order valence-corrected chi connectivity index (χ4v) is 2.76. The van der Waals surface area contributed by atoms with Gasteiger partial charge in [-0.25, -0.2) is 0 Å². The number of amides is 1. The number of piperazine rings is 1. The summed E-state index contributed by atoms with van der Waals surface area (Å²) >= 11 is 0. The normalized spacial score (nSPS) is 15.9. The van der Waals surface area contributed by atoms with Crippen molar-refractivity contribution < 1.29 is 4.79 Å². The van der Waals surface area contributed by atoms with Crippen LogP contribution in [0.15, 0.2) is 24.3 Å². The van der Waals surface area contributed by atoms with Gasteiger partial charge in [-0.1, -0.05) is 39.8 Å². The predicted molar refractivity (Wildman–Crippen MR) is 88.8 cm³/mol. The molecule has 0 aliphatic carbocycles. The predicted octanol–water partition coefficient (Wildman–Crippen LogP) is 3.50. The maximum Gasteiger partial charge on any atom is 0.222 e. The molecule has 1 aromatic carbocycles. The smallest absolute Gasteiger partial charge is 0.222 e. The van der Waals surface area contributed by atoms with Crippen LogP contribution < -0.4 is 4.90 Å². The van der Waals surface area contributed by atoms with Gasteiger partial charge in [0.15, 0.2) is 0 Å². The molecule has 3 heteroatoms. The molecular formula is C18H28N2O. The van der Waals surface area contributed by atoms with E-state index in [0.717, 1.165) is 26.2 Å². The molecule has 0 saturated carbocycles. The highest BCUT2D eigenvalue weighted by Gasteiger charge is 2.21. The number of carbonyl (C=O) groups excluding carboxylic acids is 1. The molecule has 116 valence electrons. The van der Waals surface area contributed by atoms with Crippen LogP contribution in [0.3, 0.4) is 0 Å². The van der Waals surface area contributed by atoms with Crippen molar-refractivity contribution in [3.05, 3.63) is 29.8 Å². The molecular weight excluding hydrogens is 260 g/mol. The third-order valence-electron chi connectivity index (χ3n) is 4.14. The van der Waals surface area contributed by atoms with Gasteiger partial charge in [0.2, 0.25) is 5.91 Å². The van der Waals surface area contributed by atoms with E-state index in [0.29, 0.717) is 24.2 Å². The molecule has 1 aliphatic rings. The van der Waals surface area contributed by atoms with E-state index in [1.165, 1.54) is 11.3 Å². The van der Waals surface area contributed by atoms with Crippen molar-refractivity contribution >= 4 is 11.6 Å². The molecule has 21 heavy (non-hydrogen) atoms. The Labute approximate surface area is 128 Å². The fourth-order valence-electron chi connectivity index (χ4n) is 2.76. The van der Waals surface area contributed by atoms with Gasteiger partial charge < -0.3 is 9.80 Å². The first kappa shape index (κ1) is 15.9. The van der Waals surface area contributed by atoms with Crippen LogP contribution in [0.1, 0.15) is 45.6 Å². The number of rotatable bonds is 4. The fraction of sp³-hybridized carbons (Fsp3) is 0.611. The van der Waals surface area contributed by atoms with E-state index in [9.17, 15) is 4.79 Å². The van der Waals surface area contributed by atoms with Gasteiger partial charge in [0, 0.05) is 38.3 Å². The lowest BCUT2D eigenvalue weighted by Crippen LogP contribution is -2.49. The largest absolute Gasteiger partial charge is 0.368 e. The molecule has 1 aliphatic heterocycles. The SMILES string of the molecule is CC(C)CC(=O)N1CCN(c2ccc(C(C)C)cc2)CC1. The van der Waals surface area contributed by atoms with Gasteiger partial charge in [0.1, 0.15) is 0 Å². The monoisotopic (exact) mass is 288 g/mol. The number of hydrogen-bond donors (Lipinski definition) is 0. The first-order chi connectivity index (χ1) is 9.97. The summed E-state index contributed by atoms with van der Waals surface area (Å²) in [5, 5.41) is 0. The van der Waals surface area contributed by atoms with Gasteiger partial charge >= 0.3 is 0 Å². The van der Waals surface area contributed by atoms with Gasteiger partial charge in [-0.05, 0) is 29.5 Å². The van der Waals surface area contributed by atoms with E-state index in [1.807, 2.05) is 4.90 Å². The molecule has 0 N–H and O–H groups in total. The van der Waals surface area contributed by atoms with Crippen LogP contribution in [-0.4, -0.2) is 37.0 Å². The molecule has 0 atom stereocenters. The summed E-state index contributed by atoms with van der Waals surface area (Å²) in [4.78, 5) is 16.5. The van der Waals surface area contributed by atoms with E-state index >= 15 is 0 Å². The number of hydrogen-bond acceptors (Lipinski definition) is 2. The van der Waals surface area contributed by atoms with Crippen molar-refractivity contribution in [3.63, 3.8) is 0 Å². The molecule has 2 rings (SSSR count). The Hall–Kier alpha value is -1.51. The van der Waals surface area contributed by atoms with Crippen LogP contribution in [0, 0.1) is 5.92 Å². The summed E-state index contributed by atoms with van der Waals surface area (Å²) in [7, 11) is 0. The Bertz CT molecular complexity index is 457. The second-order valence-corrected chi connectivity index (χ2v) is 6.71. The zero-order chi connectivity index (χ0) is 15.4. The van der Waals surface area contributed by atoms with Crippen LogP contribution in [0.5, 0.6) is 0 Å². The summed E-state index contributed by atoms with van der Waals surface area (Å²) in [5.41, 5.74) is 2.65. The molecule has 0 spiro atoms. The molecule has 1 heterocycles. The van der Waals surface area contributed by atoms with Gasteiger partial charge in [-0.2, -0.15) is 0 Å². The van der Waals surface area contributed by atoms with Gasteiger partial charge in [0.25, 0.3) is 0 Å². The molecule has 0 unspecified atom stereocenters. The minimum Gasteiger partial charge on any atom is -0.368 e. The van der Waals surface area contributed by atoms with Gasteiger partial charge in [0.05, 0.1) is 0 Å². The number of carbonyl (C=O) groups is 1. The minimum absolute atomic E-state index is 0.305. The number of nitrogens with zero attached hydrogens (tertiary/aromatic N) is 2. The second-order valence-electron chi connectivity index (χ2n) is 6.71. The average molecular weight is 288 g/mol. The van der Waals surface area contributed by atoms with Crippen LogP contribution in [0.2, 0.25) is 0 Å². The van der Waals surface area contributed by atoms with Crippen molar-refractivity contribution in [1.29, 1.82) is 0 Å². The third kappa shape index (κ3) is 4.23. The van der Waals surface area contributed by atoms with Crippen molar-refractivity contribution in [1.82, 2.24) is 4.90 Å². The van der Waals surface area contributed by atoms with Crippen molar-refractivity contribution in [2.45, 2.75) is 40.0 Å². The Morgan fingerprint density at radius 3 is 2.05 bits per heavy atom. The number of anilines is 1. The molecule has 0 radical (unpaired) electrons. The maximum atomic E-state index is 12.1. The molecule has 3 nitrogen and oxygen atoms in total. The minimum atomic E-state index is 0.305. The first-order valence-electron chi connectivity index (χ1n) is 8.10. The van der Waals surface area contributed by atoms with Crippen molar-refractivity contribution in [2.24, 2.45) is 5.92 Å². The summed E-state index contributed by atoms with van der Waals surface area (Å²) in [5.74, 6) is 1.32. The lowest BCUT2D eigenvalue weighted by molar-refractivity contribution is -0.132. The highest BCUT2D eigenvalue weighted by molar-refractivity contribution is 5.76. The van der Waals surface area contributed by atoms with Crippen LogP contribution >= 0.6 is 0 Å². The molecule has 0 aromatic heterocycles. The Kier molecular flexibility index (Phi) is 5.27. The van der Waals surface area contributed by atoms with Crippen molar-refractivity contribution in [3.8, 4) is 0 Å². The molecule has 1 fully saturated rings. The van der Waals surface area contributed by atoms with E-state index < -0.39 is 0 Å². The van der Waals surface area contributed by atoms with Crippen LogP contribution in [0.4, 0.5) is 5.69 Å². The van der Waals surface area contributed by atoms with E-state index in [1.54, 1.807) is 0 Å². The summed E-state index contributed by atoms with van der Waals surface area (Å²) < 4.78 is 0. The number of benzene rings is 1. The van der Waals surface area contributed by atoms with Gasteiger partial charge in [-0.15, -0.1) is 0 Å². The zero-order valence-corrected chi connectivity index (χ0v) is 13.8. The molecule has 1 saturated heterocycles. The lowest BCUT2D eigenvalue weighted by atomic mass is 10.0. The van der Waals surface area contributed by atoms with E-state index in [-0.39, 0.29) is 0 Å². The van der Waals surface area contributed by atoms with Crippen molar-refractivity contribution in [2.75, 3.05) is 31.1 Å². The molecule has 0 bridgehead atoms. The highest BCUT2D eigenvalue weighted by atomic mass is 16.2. The van der Waals surface area contributed by atoms with Crippen LogP contribution in [0.25, 0.3) is 0 Å².